The molecular formula is C8H18N2. The van der Waals surface area contributed by atoms with Gasteiger partial charge < -0.3 is 10.6 Å². The molecule has 2 heteroatoms. The molecule has 2 N–H and O–H groups in total. The summed E-state index contributed by atoms with van der Waals surface area (Å²) in [4.78, 5) is 0. The van der Waals surface area contributed by atoms with E-state index < -0.39 is 0 Å². The van der Waals surface area contributed by atoms with Gasteiger partial charge in [-0.1, -0.05) is 13.8 Å². The standard InChI is InChI=1S/C6H12N2.C2H6/c1-2-7-3-6(1)4-8-5-6;1-2/h7-8H,1-5H2;1-2H3. The normalized spacial score (nSPS) is 27.0. The zero-order chi connectivity index (χ0) is 7.45. The number of hydrogen-bond acceptors (Lipinski definition) is 2. The molecule has 0 radical (unpaired) electrons. The van der Waals surface area contributed by atoms with Crippen LogP contribution < -0.4 is 10.6 Å². The lowest BCUT2D eigenvalue weighted by Crippen LogP contribution is -2.54. The molecule has 0 saturated carbocycles. The van der Waals surface area contributed by atoms with E-state index in [0.29, 0.717) is 5.41 Å². The second kappa shape index (κ2) is 3.35. The van der Waals surface area contributed by atoms with Gasteiger partial charge in [0.1, 0.15) is 0 Å². The summed E-state index contributed by atoms with van der Waals surface area (Å²) in [7, 11) is 0. The molecule has 0 unspecified atom stereocenters. The third-order valence-corrected chi connectivity index (χ3v) is 2.33. The van der Waals surface area contributed by atoms with E-state index in [1.165, 1.54) is 32.6 Å². The lowest BCUT2D eigenvalue weighted by Gasteiger charge is -2.38. The van der Waals surface area contributed by atoms with Crippen LogP contribution in [0.3, 0.4) is 0 Å². The molecule has 2 heterocycles. The molecule has 10 heavy (non-hydrogen) atoms. The van der Waals surface area contributed by atoms with Crippen LogP contribution in [-0.2, 0) is 0 Å². The summed E-state index contributed by atoms with van der Waals surface area (Å²) in [5, 5.41) is 6.68. The fourth-order valence-corrected chi connectivity index (χ4v) is 1.58. The van der Waals surface area contributed by atoms with E-state index in [1.54, 1.807) is 0 Å². The Morgan fingerprint density at radius 3 is 1.80 bits per heavy atom. The highest BCUT2D eigenvalue weighted by molar-refractivity contribution is 4.97. The number of hydrogen-bond donors (Lipinski definition) is 2. The molecule has 2 rings (SSSR count). The Morgan fingerprint density at radius 2 is 1.60 bits per heavy atom. The van der Waals surface area contributed by atoms with Gasteiger partial charge >= 0.3 is 0 Å². The average molecular weight is 142 g/mol. The maximum Gasteiger partial charge on any atom is 0.00892 e. The molecule has 2 aliphatic heterocycles. The van der Waals surface area contributed by atoms with Crippen LogP contribution in [0.15, 0.2) is 0 Å². The third kappa shape index (κ3) is 1.32. The van der Waals surface area contributed by atoms with E-state index in [9.17, 15) is 0 Å². The van der Waals surface area contributed by atoms with Gasteiger partial charge in [0.05, 0.1) is 0 Å². The Balaban J connectivity index is 0.000000231. The molecule has 2 aliphatic rings. The molecule has 0 aromatic rings. The van der Waals surface area contributed by atoms with Gasteiger partial charge in [-0.25, -0.2) is 0 Å². The smallest absolute Gasteiger partial charge is 0.00892 e. The van der Waals surface area contributed by atoms with Crippen molar-refractivity contribution in [3.05, 3.63) is 0 Å². The van der Waals surface area contributed by atoms with Crippen molar-refractivity contribution in [1.29, 1.82) is 0 Å². The quantitative estimate of drug-likeness (QED) is 0.517. The van der Waals surface area contributed by atoms with E-state index >= 15 is 0 Å². The first-order valence-corrected chi connectivity index (χ1v) is 4.33. The fraction of sp³-hybridized carbons (Fsp3) is 1.00. The molecule has 0 amide bonds. The minimum absolute atomic E-state index is 0.694. The van der Waals surface area contributed by atoms with Crippen LogP contribution in [0.1, 0.15) is 20.3 Å². The van der Waals surface area contributed by atoms with Gasteiger partial charge in [-0.15, -0.1) is 0 Å². The Bertz CT molecular complexity index is 89.4. The summed E-state index contributed by atoms with van der Waals surface area (Å²) in [5.74, 6) is 0. The fourth-order valence-electron chi connectivity index (χ4n) is 1.58. The van der Waals surface area contributed by atoms with Crippen LogP contribution >= 0.6 is 0 Å². The predicted molar refractivity (Wildman–Crippen MR) is 44.1 cm³/mol. The van der Waals surface area contributed by atoms with Crippen molar-refractivity contribution in [3.8, 4) is 0 Å². The van der Waals surface area contributed by atoms with Crippen LogP contribution in [-0.4, -0.2) is 26.2 Å². The largest absolute Gasteiger partial charge is 0.316 e. The third-order valence-electron chi connectivity index (χ3n) is 2.33. The summed E-state index contributed by atoms with van der Waals surface area (Å²) < 4.78 is 0. The lowest BCUT2D eigenvalue weighted by molar-refractivity contribution is 0.197. The number of nitrogens with one attached hydrogen (secondary N) is 2. The van der Waals surface area contributed by atoms with Crippen molar-refractivity contribution in [2.75, 3.05) is 26.2 Å². The molecule has 0 bridgehead atoms. The maximum absolute atomic E-state index is 3.38. The van der Waals surface area contributed by atoms with E-state index in [4.69, 9.17) is 0 Å². The van der Waals surface area contributed by atoms with E-state index in [1.807, 2.05) is 13.8 Å². The second-order valence-corrected chi connectivity index (χ2v) is 3.03. The van der Waals surface area contributed by atoms with Crippen molar-refractivity contribution >= 4 is 0 Å². The van der Waals surface area contributed by atoms with Gasteiger partial charge in [-0.2, -0.15) is 0 Å². The summed E-state index contributed by atoms with van der Waals surface area (Å²) in [5.41, 5.74) is 0.694. The highest BCUT2D eigenvalue weighted by Gasteiger charge is 2.38. The first-order valence-electron chi connectivity index (χ1n) is 4.33. The summed E-state index contributed by atoms with van der Waals surface area (Å²) in [6.45, 7) is 8.99. The zero-order valence-electron chi connectivity index (χ0n) is 7.04. The first-order chi connectivity index (χ1) is 4.91. The molecule has 0 aromatic heterocycles. The topological polar surface area (TPSA) is 24.1 Å². The molecule has 2 nitrogen and oxygen atoms in total. The van der Waals surface area contributed by atoms with Crippen LogP contribution in [0, 0.1) is 5.41 Å². The van der Waals surface area contributed by atoms with Crippen LogP contribution in [0.4, 0.5) is 0 Å². The number of rotatable bonds is 0. The molecule has 2 saturated heterocycles. The van der Waals surface area contributed by atoms with Gasteiger partial charge in [0.2, 0.25) is 0 Å². The van der Waals surface area contributed by atoms with Gasteiger partial charge in [-0.05, 0) is 13.0 Å². The van der Waals surface area contributed by atoms with Crippen LogP contribution in [0.2, 0.25) is 0 Å². The van der Waals surface area contributed by atoms with Crippen LogP contribution in [0.5, 0.6) is 0 Å². The van der Waals surface area contributed by atoms with Crippen molar-refractivity contribution < 1.29 is 0 Å². The van der Waals surface area contributed by atoms with E-state index in [0.717, 1.165) is 0 Å². The van der Waals surface area contributed by atoms with E-state index in [-0.39, 0.29) is 0 Å². The molecule has 60 valence electrons. The Labute approximate surface area is 63.4 Å². The molecule has 0 atom stereocenters. The monoisotopic (exact) mass is 142 g/mol. The zero-order valence-corrected chi connectivity index (χ0v) is 7.04. The molecular weight excluding hydrogens is 124 g/mol. The van der Waals surface area contributed by atoms with Gasteiger partial charge in [-0.3, -0.25) is 0 Å². The lowest BCUT2D eigenvalue weighted by atomic mass is 9.81. The second-order valence-electron chi connectivity index (χ2n) is 3.03. The molecule has 2 fully saturated rings. The first kappa shape index (κ1) is 8.02. The van der Waals surface area contributed by atoms with Crippen molar-refractivity contribution in [2.24, 2.45) is 5.41 Å². The Hall–Kier alpha value is -0.0800. The maximum atomic E-state index is 3.38. The highest BCUT2D eigenvalue weighted by atomic mass is 15.1. The van der Waals surface area contributed by atoms with Gasteiger partial charge in [0, 0.05) is 25.0 Å². The van der Waals surface area contributed by atoms with Gasteiger partial charge in [0.15, 0.2) is 0 Å². The summed E-state index contributed by atoms with van der Waals surface area (Å²) >= 11 is 0. The van der Waals surface area contributed by atoms with Gasteiger partial charge in [0.25, 0.3) is 0 Å². The van der Waals surface area contributed by atoms with Crippen molar-refractivity contribution in [2.45, 2.75) is 20.3 Å². The average Bonchev–Trinajstić information content (AvgIpc) is 2.38. The molecule has 1 spiro atoms. The predicted octanol–water partition coefficient (Wildman–Crippen LogP) is 0.595. The minimum atomic E-state index is 0.694. The van der Waals surface area contributed by atoms with Crippen LogP contribution in [0.25, 0.3) is 0 Å². The van der Waals surface area contributed by atoms with Crippen molar-refractivity contribution in [1.82, 2.24) is 10.6 Å². The summed E-state index contributed by atoms with van der Waals surface area (Å²) in [6.07, 6.45) is 1.39. The SMILES string of the molecule is C1CC2(CN1)CNC2.CC. The Morgan fingerprint density at radius 1 is 1.00 bits per heavy atom. The Kier molecular flexibility index (Phi) is 2.69. The molecule has 0 aromatic carbocycles. The highest BCUT2D eigenvalue weighted by Crippen LogP contribution is 2.28. The van der Waals surface area contributed by atoms with E-state index in [2.05, 4.69) is 10.6 Å². The molecule has 0 aliphatic carbocycles. The minimum Gasteiger partial charge on any atom is -0.316 e. The van der Waals surface area contributed by atoms with Crippen molar-refractivity contribution in [3.63, 3.8) is 0 Å². The summed E-state index contributed by atoms with van der Waals surface area (Å²) in [6, 6.07) is 0.